The Morgan fingerprint density at radius 1 is 1.00 bits per heavy atom. The summed E-state index contributed by atoms with van der Waals surface area (Å²) in [4.78, 5) is 25.7. The van der Waals surface area contributed by atoms with E-state index in [1.807, 2.05) is 12.1 Å². The predicted octanol–water partition coefficient (Wildman–Crippen LogP) is 3.57. The van der Waals surface area contributed by atoms with Crippen molar-refractivity contribution < 1.29 is 18.0 Å². The number of benzene rings is 2. The molecule has 0 saturated carbocycles. The summed E-state index contributed by atoms with van der Waals surface area (Å²) in [6.45, 7) is 0. The lowest BCUT2D eigenvalue weighted by atomic mass is 10.2. The van der Waals surface area contributed by atoms with Crippen molar-refractivity contribution in [3.05, 3.63) is 86.7 Å². The molecule has 0 aliphatic heterocycles. The standard InChI is InChI=1S/C20H16BrN3O4S2/c21-14-5-3-13(4-6-14)12-17(24-20(26)18-2-1-11-29-18)19(25)23-15-7-9-16(10-8-15)30(22,27)28/h1-12H,(H,23,25)(H,24,26)(H2,22,27,28)/b17-12+. The van der Waals surface area contributed by atoms with Gasteiger partial charge in [-0.2, -0.15) is 0 Å². The van der Waals surface area contributed by atoms with Gasteiger partial charge >= 0.3 is 0 Å². The van der Waals surface area contributed by atoms with Crippen molar-refractivity contribution in [2.75, 3.05) is 5.32 Å². The molecule has 154 valence electrons. The molecule has 4 N–H and O–H groups in total. The van der Waals surface area contributed by atoms with Crippen LogP contribution in [0, 0.1) is 0 Å². The summed E-state index contributed by atoms with van der Waals surface area (Å²) in [5.74, 6) is -0.973. The zero-order valence-corrected chi connectivity index (χ0v) is 18.6. The second kappa shape index (κ2) is 9.35. The molecule has 0 spiro atoms. The topological polar surface area (TPSA) is 118 Å². The summed E-state index contributed by atoms with van der Waals surface area (Å²) >= 11 is 4.61. The largest absolute Gasteiger partial charge is 0.321 e. The minimum Gasteiger partial charge on any atom is -0.321 e. The molecule has 0 aliphatic carbocycles. The number of carbonyl (C=O) groups is 2. The Balaban J connectivity index is 1.85. The summed E-state index contributed by atoms with van der Waals surface area (Å²) < 4.78 is 23.6. The van der Waals surface area contributed by atoms with Crippen LogP contribution >= 0.6 is 27.3 Å². The van der Waals surface area contributed by atoms with Crippen LogP contribution in [0.15, 0.2) is 81.1 Å². The van der Waals surface area contributed by atoms with Crippen molar-refractivity contribution in [1.29, 1.82) is 0 Å². The molecule has 3 rings (SSSR count). The first-order valence-electron chi connectivity index (χ1n) is 8.49. The van der Waals surface area contributed by atoms with Gasteiger partial charge in [0, 0.05) is 10.2 Å². The highest BCUT2D eigenvalue weighted by molar-refractivity contribution is 9.10. The van der Waals surface area contributed by atoms with Gasteiger partial charge in [0.2, 0.25) is 10.0 Å². The molecule has 30 heavy (non-hydrogen) atoms. The van der Waals surface area contributed by atoms with Crippen molar-refractivity contribution in [2.24, 2.45) is 5.14 Å². The second-order valence-corrected chi connectivity index (χ2v) is 9.49. The lowest BCUT2D eigenvalue weighted by Crippen LogP contribution is -2.30. The van der Waals surface area contributed by atoms with Gasteiger partial charge in [0.25, 0.3) is 11.8 Å². The van der Waals surface area contributed by atoms with Crippen LogP contribution < -0.4 is 15.8 Å². The van der Waals surface area contributed by atoms with E-state index in [0.29, 0.717) is 16.1 Å². The zero-order valence-electron chi connectivity index (χ0n) is 15.3. The third-order valence-electron chi connectivity index (χ3n) is 3.86. The van der Waals surface area contributed by atoms with E-state index in [4.69, 9.17) is 5.14 Å². The Hall–Kier alpha value is -2.79. The quantitative estimate of drug-likeness (QED) is 0.443. The van der Waals surface area contributed by atoms with E-state index in [-0.39, 0.29) is 10.6 Å². The monoisotopic (exact) mass is 505 g/mol. The summed E-state index contributed by atoms with van der Waals surface area (Å²) in [7, 11) is -3.83. The van der Waals surface area contributed by atoms with Crippen LogP contribution in [0.3, 0.4) is 0 Å². The van der Waals surface area contributed by atoms with Gasteiger partial charge in [-0.25, -0.2) is 13.6 Å². The second-order valence-electron chi connectivity index (χ2n) is 6.06. The Bertz CT molecular complexity index is 1190. The smallest absolute Gasteiger partial charge is 0.272 e. The molecule has 3 aromatic rings. The number of sulfonamides is 1. The summed E-state index contributed by atoms with van der Waals surface area (Å²) in [5, 5.41) is 12.1. The van der Waals surface area contributed by atoms with Crippen LogP contribution in [-0.4, -0.2) is 20.2 Å². The molecule has 7 nitrogen and oxygen atoms in total. The van der Waals surface area contributed by atoms with Crippen molar-refractivity contribution in [3.8, 4) is 0 Å². The minimum atomic E-state index is -3.83. The van der Waals surface area contributed by atoms with E-state index in [1.54, 1.807) is 35.7 Å². The molecule has 0 atom stereocenters. The number of hydrogen-bond donors (Lipinski definition) is 3. The van der Waals surface area contributed by atoms with Gasteiger partial charge in [0.1, 0.15) is 5.70 Å². The zero-order chi connectivity index (χ0) is 21.7. The molecule has 0 bridgehead atoms. The highest BCUT2D eigenvalue weighted by Crippen LogP contribution is 2.17. The van der Waals surface area contributed by atoms with Crippen molar-refractivity contribution in [3.63, 3.8) is 0 Å². The van der Waals surface area contributed by atoms with Gasteiger partial charge in [0.15, 0.2) is 0 Å². The Morgan fingerprint density at radius 3 is 2.23 bits per heavy atom. The lowest BCUT2D eigenvalue weighted by molar-refractivity contribution is -0.113. The molecule has 1 heterocycles. The van der Waals surface area contributed by atoms with Gasteiger partial charge in [0.05, 0.1) is 9.77 Å². The fraction of sp³-hybridized carbons (Fsp3) is 0. The number of anilines is 1. The first kappa shape index (κ1) is 21.9. The van der Waals surface area contributed by atoms with Crippen LogP contribution in [0.4, 0.5) is 5.69 Å². The Morgan fingerprint density at radius 2 is 1.67 bits per heavy atom. The average Bonchev–Trinajstić information content (AvgIpc) is 3.24. The first-order valence-corrected chi connectivity index (χ1v) is 11.7. The first-order chi connectivity index (χ1) is 14.2. The fourth-order valence-electron chi connectivity index (χ4n) is 2.40. The minimum absolute atomic E-state index is 0.0336. The van der Waals surface area contributed by atoms with Gasteiger partial charge in [-0.3, -0.25) is 9.59 Å². The number of primary sulfonamides is 1. The number of amides is 2. The Labute approximate surface area is 185 Å². The maximum absolute atomic E-state index is 12.8. The number of hydrogen-bond acceptors (Lipinski definition) is 5. The number of nitrogens with two attached hydrogens (primary N) is 1. The van der Waals surface area contributed by atoms with Crippen LogP contribution in [-0.2, 0) is 14.8 Å². The lowest BCUT2D eigenvalue weighted by Gasteiger charge is -2.11. The molecule has 0 unspecified atom stereocenters. The molecule has 2 aromatic carbocycles. The van der Waals surface area contributed by atoms with E-state index in [2.05, 4.69) is 26.6 Å². The molecule has 10 heteroatoms. The van der Waals surface area contributed by atoms with E-state index in [1.165, 1.54) is 35.6 Å². The maximum Gasteiger partial charge on any atom is 0.272 e. The fourth-order valence-corrected chi connectivity index (χ4v) is 3.80. The number of nitrogens with one attached hydrogen (secondary N) is 2. The van der Waals surface area contributed by atoms with Gasteiger partial charge < -0.3 is 10.6 Å². The number of halogens is 1. The Kier molecular flexibility index (Phi) is 6.83. The molecular formula is C20H16BrN3O4S2. The average molecular weight is 506 g/mol. The van der Waals surface area contributed by atoms with Crippen LogP contribution in [0.2, 0.25) is 0 Å². The summed E-state index contributed by atoms with van der Waals surface area (Å²) in [6.07, 6.45) is 1.55. The van der Waals surface area contributed by atoms with E-state index in [0.717, 1.165) is 4.47 Å². The highest BCUT2D eigenvalue weighted by atomic mass is 79.9. The molecule has 2 amide bonds. The van der Waals surface area contributed by atoms with E-state index >= 15 is 0 Å². The molecule has 0 saturated heterocycles. The normalized spacial score (nSPS) is 11.7. The van der Waals surface area contributed by atoms with Crippen molar-refractivity contribution in [2.45, 2.75) is 4.90 Å². The third kappa shape index (κ3) is 5.86. The van der Waals surface area contributed by atoms with E-state index < -0.39 is 21.8 Å². The maximum atomic E-state index is 12.8. The molecular weight excluding hydrogens is 490 g/mol. The van der Waals surface area contributed by atoms with E-state index in [9.17, 15) is 18.0 Å². The van der Waals surface area contributed by atoms with Gasteiger partial charge in [-0.05, 0) is 59.5 Å². The van der Waals surface area contributed by atoms with Gasteiger partial charge in [-0.1, -0.05) is 34.1 Å². The number of carbonyl (C=O) groups excluding carboxylic acids is 2. The van der Waals surface area contributed by atoms with Crippen molar-refractivity contribution in [1.82, 2.24) is 5.32 Å². The number of thiophene rings is 1. The predicted molar refractivity (Wildman–Crippen MR) is 120 cm³/mol. The highest BCUT2D eigenvalue weighted by Gasteiger charge is 2.16. The number of rotatable bonds is 6. The molecule has 0 fully saturated rings. The van der Waals surface area contributed by atoms with Crippen molar-refractivity contribution >= 4 is 60.9 Å². The SMILES string of the molecule is NS(=O)(=O)c1ccc(NC(=O)/C(=C\c2ccc(Br)cc2)NC(=O)c2cccs2)cc1. The third-order valence-corrected chi connectivity index (χ3v) is 6.19. The van der Waals surface area contributed by atoms with Crippen LogP contribution in [0.25, 0.3) is 6.08 Å². The molecule has 0 radical (unpaired) electrons. The summed E-state index contributed by atoms with van der Waals surface area (Å²) in [6, 6.07) is 16.0. The van der Waals surface area contributed by atoms with Crippen LogP contribution in [0.5, 0.6) is 0 Å². The molecule has 0 aliphatic rings. The molecule has 1 aromatic heterocycles. The van der Waals surface area contributed by atoms with Crippen LogP contribution in [0.1, 0.15) is 15.2 Å². The summed E-state index contributed by atoms with van der Waals surface area (Å²) in [5.41, 5.74) is 1.09. The van der Waals surface area contributed by atoms with Gasteiger partial charge in [-0.15, -0.1) is 11.3 Å².